The van der Waals surface area contributed by atoms with Crippen molar-refractivity contribution in [2.24, 2.45) is 0 Å². The summed E-state index contributed by atoms with van der Waals surface area (Å²) in [7, 11) is 0. The van der Waals surface area contributed by atoms with Crippen LogP contribution in [-0.4, -0.2) is 34.2 Å². The van der Waals surface area contributed by atoms with Crippen molar-refractivity contribution < 1.29 is 14.4 Å². The molecular formula is C19H19BrN2O3S. The Morgan fingerprint density at radius 3 is 2.38 bits per heavy atom. The van der Waals surface area contributed by atoms with Gasteiger partial charge in [-0.3, -0.25) is 14.4 Å². The molecule has 1 aromatic heterocycles. The molecule has 0 radical (unpaired) electrons. The fraction of sp³-hybridized carbons (Fsp3) is 0.316. The first-order valence-electron chi connectivity index (χ1n) is 8.19. The lowest BCUT2D eigenvalue weighted by Gasteiger charge is -2.38. The van der Waals surface area contributed by atoms with Gasteiger partial charge in [0.1, 0.15) is 6.04 Å². The molecule has 1 atom stereocenters. The van der Waals surface area contributed by atoms with Gasteiger partial charge < -0.3 is 4.90 Å². The van der Waals surface area contributed by atoms with Gasteiger partial charge >= 0.3 is 0 Å². The normalized spacial score (nSPS) is 17.7. The zero-order chi connectivity index (χ0) is 19.1. The Labute approximate surface area is 164 Å². The van der Waals surface area contributed by atoms with Gasteiger partial charge in [0.2, 0.25) is 5.91 Å². The minimum atomic E-state index is -0.805. The van der Waals surface area contributed by atoms with Gasteiger partial charge in [0.25, 0.3) is 11.8 Å². The Balaban J connectivity index is 1.96. The summed E-state index contributed by atoms with van der Waals surface area (Å²) >= 11 is 4.68. The number of carbonyl (C=O) groups is 3. The van der Waals surface area contributed by atoms with E-state index in [-0.39, 0.29) is 24.1 Å². The van der Waals surface area contributed by atoms with Crippen molar-refractivity contribution in [1.29, 1.82) is 0 Å². The van der Waals surface area contributed by atoms with E-state index in [0.29, 0.717) is 10.6 Å². The highest BCUT2D eigenvalue weighted by molar-refractivity contribution is 9.10. The quantitative estimate of drug-likeness (QED) is 0.683. The SMILES string of the molecule is CC(C)(C)N(C(=O)c1cccs1)C1CC(=O)N(c2ccc(Br)cc2)C1=O. The van der Waals surface area contributed by atoms with Crippen LogP contribution in [-0.2, 0) is 9.59 Å². The Morgan fingerprint density at radius 2 is 1.85 bits per heavy atom. The maximum absolute atomic E-state index is 13.1. The van der Waals surface area contributed by atoms with Crippen LogP contribution in [0.5, 0.6) is 0 Å². The number of anilines is 1. The molecule has 26 heavy (non-hydrogen) atoms. The van der Waals surface area contributed by atoms with Crippen molar-refractivity contribution in [2.45, 2.75) is 38.8 Å². The van der Waals surface area contributed by atoms with Crippen LogP contribution in [0.2, 0.25) is 0 Å². The molecule has 0 saturated carbocycles. The number of hydrogen-bond acceptors (Lipinski definition) is 4. The monoisotopic (exact) mass is 434 g/mol. The molecule has 2 heterocycles. The van der Waals surface area contributed by atoms with E-state index in [4.69, 9.17) is 0 Å². The standard InChI is InChI=1S/C19H19BrN2O3S/c1-19(2,3)22(18(25)15-5-4-10-26-15)14-11-16(23)21(17(14)24)13-8-6-12(20)7-9-13/h4-10,14H,11H2,1-3H3. The van der Waals surface area contributed by atoms with Crippen LogP contribution >= 0.6 is 27.3 Å². The summed E-state index contributed by atoms with van der Waals surface area (Å²) in [5.74, 6) is -0.885. The molecule has 0 aliphatic carbocycles. The largest absolute Gasteiger partial charge is 0.321 e. The summed E-state index contributed by atoms with van der Waals surface area (Å²) in [4.78, 5) is 41.9. The molecule has 1 aromatic carbocycles. The topological polar surface area (TPSA) is 57.7 Å². The van der Waals surface area contributed by atoms with Crippen molar-refractivity contribution in [2.75, 3.05) is 4.90 Å². The maximum atomic E-state index is 13.1. The van der Waals surface area contributed by atoms with Crippen LogP contribution in [0, 0.1) is 0 Å². The van der Waals surface area contributed by atoms with Gasteiger partial charge in [-0.05, 0) is 56.5 Å². The first kappa shape index (κ1) is 18.8. The van der Waals surface area contributed by atoms with Crippen LogP contribution < -0.4 is 4.90 Å². The first-order valence-corrected chi connectivity index (χ1v) is 9.87. The van der Waals surface area contributed by atoms with E-state index in [1.807, 2.05) is 26.2 Å². The van der Waals surface area contributed by atoms with Gasteiger partial charge in [-0.15, -0.1) is 11.3 Å². The van der Waals surface area contributed by atoms with Crippen molar-refractivity contribution in [1.82, 2.24) is 4.90 Å². The maximum Gasteiger partial charge on any atom is 0.265 e. The summed E-state index contributed by atoms with van der Waals surface area (Å²) in [5.41, 5.74) is -0.0830. The number of benzene rings is 1. The number of hydrogen-bond donors (Lipinski definition) is 0. The van der Waals surface area contributed by atoms with E-state index < -0.39 is 11.6 Å². The van der Waals surface area contributed by atoms with Crippen LogP contribution in [0.3, 0.4) is 0 Å². The fourth-order valence-electron chi connectivity index (χ4n) is 3.11. The lowest BCUT2D eigenvalue weighted by atomic mass is 10.0. The minimum Gasteiger partial charge on any atom is -0.321 e. The third-order valence-corrected chi connectivity index (χ3v) is 5.58. The molecule has 1 aliphatic rings. The molecule has 7 heteroatoms. The van der Waals surface area contributed by atoms with E-state index >= 15 is 0 Å². The molecule has 0 bridgehead atoms. The predicted octanol–water partition coefficient (Wildman–Crippen LogP) is 4.08. The number of thiophene rings is 1. The van der Waals surface area contributed by atoms with E-state index in [0.717, 1.165) is 4.47 Å². The number of nitrogens with zero attached hydrogens (tertiary/aromatic N) is 2. The summed E-state index contributed by atoms with van der Waals surface area (Å²) < 4.78 is 0.862. The summed E-state index contributed by atoms with van der Waals surface area (Å²) in [5, 5.41) is 1.82. The number of amides is 3. The summed E-state index contributed by atoms with van der Waals surface area (Å²) in [6.07, 6.45) is -0.0106. The highest BCUT2D eigenvalue weighted by Crippen LogP contribution is 2.32. The van der Waals surface area contributed by atoms with Crippen LogP contribution in [0.25, 0.3) is 0 Å². The second-order valence-electron chi connectivity index (χ2n) is 7.09. The smallest absolute Gasteiger partial charge is 0.265 e. The molecular weight excluding hydrogens is 416 g/mol. The molecule has 1 unspecified atom stereocenters. The average molecular weight is 435 g/mol. The molecule has 136 valence electrons. The third kappa shape index (κ3) is 3.46. The van der Waals surface area contributed by atoms with Crippen molar-refractivity contribution in [3.05, 3.63) is 51.1 Å². The molecule has 2 aromatic rings. The molecule has 1 fully saturated rings. The highest BCUT2D eigenvalue weighted by atomic mass is 79.9. The summed E-state index contributed by atoms with van der Waals surface area (Å²) in [6, 6.07) is 9.72. The second-order valence-corrected chi connectivity index (χ2v) is 8.95. The third-order valence-electron chi connectivity index (χ3n) is 4.19. The molecule has 0 N–H and O–H groups in total. The van der Waals surface area contributed by atoms with E-state index in [2.05, 4.69) is 15.9 Å². The second kappa shape index (κ2) is 6.96. The average Bonchev–Trinajstić information content (AvgIpc) is 3.17. The lowest BCUT2D eigenvalue weighted by molar-refractivity contribution is -0.123. The van der Waals surface area contributed by atoms with Gasteiger partial charge in [-0.2, -0.15) is 0 Å². The number of halogens is 1. The van der Waals surface area contributed by atoms with Crippen molar-refractivity contribution in [3.63, 3.8) is 0 Å². The van der Waals surface area contributed by atoms with Gasteiger partial charge in [-0.1, -0.05) is 22.0 Å². The fourth-order valence-corrected chi connectivity index (χ4v) is 4.04. The Bertz CT molecular complexity index is 841. The first-order chi connectivity index (χ1) is 12.2. The lowest BCUT2D eigenvalue weighted by Crippen LogP contribution is -2.54. The van der Waals surface area contributed by atoms with E-state index in [1.54, 1.807) is 36.4 Å². The molecule has 1 saturated heterocycles. The Morgan fingerprint density at radius 1 is 1.19 bits per heavy atom. The molecule has 0 spiro atoms. The predicted molar refractivity (Wildman–Crippen MR) is 105 cm³/mol. The van der Waals surface area contributed by atoms with Crippen LogP contribution in [0.15, 0.2) is 46.3 Å². The molecule has 1 aliphatic heterocycles. The van der Waals surface area contributed by atoms with Gasteiger partial charge in [0.05, 0.1) is 17.0 Å². The van der Waals surface area contributed by atoms with E-state index in [1.165, 1.54) is 21.1 Å². The van der Waals surface area contributed by atoms with Crippen molar-refractivity contribution in [3.8, 4) is 0 Å². The van der Waals surface area contributed by atoms with Crippen molar-refractivity contribution >= 4 is 50.7 Å². The number of imide groups is 1. The Hall–Kier alpha value is -1.99. The van der Waals surface area contributed by atoms with Crippen LogP contribution in [0.4, 0.5) is 5.69 Å². The van der Waals surface area contributed by atoms with Gasteiger partial charge in [-0.25, -0.2) is 4.90 Å². The highest BCUT2D eigenvalue weighted by Gasteiger charge is 2.47. The van der Waals surface area contributed by atoms with E-state index in [9.17, 15) is 14.4 Å². The molecule has 3 rings (SSSR count). The summed E-state index contributed by atoms with van der Waals surface area (Å²) in [6.45, 7) is 5.62. The zero-order valence-corrected chi connectivity index (χ0v) is 17.1. The number of carbonyl (C=O) groups excluding carboxylic acids is 3. The Kier molecular flexibility index (Phi) is 5.03. The molecule has 5 nitrogen and oxygen atoms in total. The number of rotatable bonds is 3. The van der Waals surface area contributed by atoms with Gasteiger partial charge in [0.15, 0.2) is 0 Å². The molecule has 3 amide bonds. The minimum absolute atomic E-state index is 0.0106. The van der Waals surface area contributed by atoms with Crippen LogP contribution in [0.1, 0.15) is 36.9 Å². The van der Waals surface area contributed by atoms with Gasteiger partial charge in [0, 0.05) is 10.0 Å². The zero-order valence-electron chi connectivity index (χ0n) is 14.7.